The number of rotatable bonds is 4. The molecule has 0 unspecified atom stereocenters. The molecule has 2 aromatic heterocycles. The average Bonchev–Trinajstić information content (AvgIpc) is 3.16. The predicted molar refractivity (Wildman–Crippen MR) is 99.9 cm³/mol. The van der Waals surface area contributed by atoms with Gasteiger partial charge in [-0.25, -0.2) is 4.39 Å². The lowest BCUT2D eigenvalue weighted by Crippen LogP contribution is -2.19. The zero-order valence-corrected chi connectivity index (χ0v) is 14.7. The SMILES string of the molecule is O=c1ccc(-c2nc(-c3ccc(Cl)cc3)no2)cn1Cc1ccccc1F. The summed E-state index contributed by atoms with van der Waals surface area (Å²) in [5.74, 6) is 0.313. The average molecular weight is 382 g/mol. The molecule has 0 aliphatic heterocycles. The quantitative estimate of drug-likeness (QED) is 0.525. The third-order valence-corrected chi connectivity index (χ3v) is 4.31. The molecule has 0 aliphatic rings. The summed E-state index contributed by atoms with van der Waals surface area (Å²) in [5, 5.41) is 4.58. The van der Waals surface area contributed by atoms with Crippen LogP contribution >= 0.6 is 11.6 Å². The summed E-state index contributed by atoms with van der Waals surface area (Å²) >= 11 is 5.89. The van der Waals surface area contributed by atoms with Crippen molar-refractivity contribution in [2.24, 2.45) is 0 Å². The van der Waals surface area contributed by atoms with Crippen molar-refractivity contribution in [3.8, 4) is 22.8 Å². The lowest BCUT2D eigenvalue weighted by Gasteiger charge is -2.07. The summed E-state index contributed by atoms with van der Waals surface area (Å²) in [6, 6.07) is 16.4. The molecule has 2 aromatic carbocycles. The summed E-state index contributed by atoms with van der Waals surface area (Å²) in [4.78, 5) is 16.5. The molecule has 0 bridgehead atoms. The number of halogens is 2. The van der Waals surface area contributed by atoms with E-state index in [1.54, 1.807) is 54.7 Å². The number of nitrogens with zero attached hydrogens (tertiary/aromatic N) is 3. The molecule has 134 valence electrons. The van der Waals surface area contributed by atoms with E-state index in [4.69, 9.17) is 16.1 Å². The first-order chi connectivity index (χ1) is 13.1. The zero-order chi connectivity index (χ0) is 18.8. The molecule has 0 atom stereocenters. The van der Waals surface area contributed by atoms with Crippen LogP contribution in [0.1, 0.15) is 5.56 Å². The summed E-state index contributed by atoms with van der Waals surface area (Å²) in [6.07, 6.45) is 1.58. The van der Waals surface area contributed by atoms with Crippen LogP contribution < -0.4 is 5.56 Å². The summed E-state index contributed by atoms with van der Waals surface area (Å²) < 4.78 is 20.6. The van der Waals surface area contributed by atoms with Crippen LogP contribution in [0.25, 0.3) is 22.8 Å². The topological polar surface area (TPSA) is 60.9 Å². The summed E-state index contributed by atoms with van der Waals surface area (Å²) in [6.45, 7) is 0.109. The van der Waals surface area contributed by atoms with Crippen LogP contribution in [0.3, 0.4) is 0 Å². The number of pyridine rings is 1. The van der Waals surface area contributed by atoms with Crippen LogP contribution in [0.2, 0.25) is 5.02 Å². The van der Waals surface area contributed by atoms with Gasteiger partial charge in [0.15, 0.2) is 0 Å². The molecule has 27 heavy (non-hydrogen) atoms. The largest absolute Gasteiger partial charge is 0.334 e. The Morgan fingerprint density at radius 3 is 2.52 bits per heavy atom. The van der Waals surface area contributed by atoms with Gasteiger partial charge in [0.25, 0.3) is 11.4 Å². The van der Waals surface area contributed by atoms with Gasteiger partial charge in [-0.3, -0.25) is 4.79 Å². The Kier molecular flexibility index (Phi) is 4.56. The molecule has 0 spiro atoms. The molecule has 7 heteroatoms. The Morgan fingerprint density at radius 1 is 1.00 bits per heavy atom. The fourth-order valence-corrected chi connectivity index (χ4v) is 2.77. The molecule has 0 amide bonds. The van der Waals surface area contributed by atoms with Crippen LogP contribution in [0.5, 0.6) is 0 Å². The van der Waals surface area contributed by atoms with E-state index >= 15 is 0 Å². The van der Waals surface area contributed by atoms with Crippen LogP contribution in [0.4, 0.5) is 4.39 Å². The maximum atomic E-state index is 13.9. The Morgan fingerprint density at radius 2 is 1.74 bits per heavy atom. The second-order valence-corrected chi connectivity index (χ2v) is 6.34. The van der Waals surface area contributed by atoms with Crippen LogP contribution in [0.15, 0.2) is 76.2 Å². The summed E-state index contributed by atoms with van der Waals surface area (Å²) in [5.41, 5.74) is 1.50. The van der Waals surface area contributed by atoms with Crippen molar-refractivity contribution >= 4 is 11.6 Å². The molecular formula is C20H13ClFN3O2. The lowest BCUT2D eigenvalue weighted by atomic mass is 10.2. The van der Waals surface area contributed by atoms with Gasteiger partial charge in [-0.2, -0.15) is 4.98 Å². The highest BCUT2D eigenvalue weighted by Gasteiger charge is 2.12. The molecule has 0 saturated carbocycles. The molecule has 0 radical (unpaired) electrons. The van der Waals surface area contributed by atoms with Crippen molar-refractivity contribution in [2.75, 3.05) is 0 Å². The van der Waals surface area contributed by atoms with Crippen molar-refractivity contribution in [1.29, 1.82) is 0 Å². The Labute approximate surface area is 158 Å². The van der Waals surface area contributed by atoms with Crippen LogP contribution in [0, 0.1) is 5.82 Å². The smallest absolute Gasteiger partial charge is 0.259 e. The highest BCUT2D eigenvalue weighted by atomic mass is 35.5. The summed E-state index contributed by atoms with van der Waals surface area (Å²) in [7, 11) is 0. The van der Waals surface area contributed by atoms with Gasteiger partial charge >= 0.3 is 0 Å². The molecule has 2 heterocycles. The lowest BCUT2D eigenvalue weighted by molar-refractivity contribution is 0.432. The second kappa shape index (κ2) is 7.17. The van der Waals surface area contributed by atoms with Crippen molar-refractivity contribution in [3.63, 3.8) is 0 Å². The maximum Gasteiger partial charge on any atom is 0.259 e. The number of hydrogen-bond donors (Lipinski definition) is 0. The fourth-order valence-electron chi connectivity index (χ4n) is 2.65. The Balaban J connectivity index is 1.66. The van der Waals surface area contributed by atoms with E-state index in [1.165, 1.54) is 16.7 Å². The first-order valence-electron chi connectivity index (χ1n) is 8.14. The number of hydrogen-bond acceptors (Lipinski definition) is 4. The van der Waals surface area contributed by atoms with Gasteiger partial charge in [-0.1, -0.05) is 35.0 Å². The van der Waals surface area contributed by atoms with E-state index < -0.39 is 0 Å². The van der Waals surface area contributed by atoms with Crippen LogP contribution in [-0.4, -0.2) is 14.7 Å². The number of benzene rings is 2. The van der Waals surface area contributed by atoms with Crippen molar-refractivity contribution in [2.45, 2.75) is 6.54 Å². The Bertz CT molecular complexity index is 1150. The molecule has 4 rings (SSSR count). The minimum absolute atomic E-state index is 0.109. The van der Waals surface area contributed by atoms with Gasteiger partial charge in [0.2, 0.25) is 5.82 Å². The van der Waals surface area contributed by atoms with Crippen LogP contribution in [-0.2, 0) is 6.54 Å². The third kappa shape index (κ3) is 3.66. The van der Waals surface area contributed by atoms with Crippen molar-refractivity contribution < 1.29 is 8.91 Å². The molecule has 0 aliphatic carbocycles. The van der Waals surface area contributed by atoms with E-state index in [0.29, 0.717) is 22.0 Å². The molecule has 0 N–H and O–H groups in total. The van der Waals surface area contributed by atoms with E-state index in [9.17, 15) is 9.18 Å². The molecular weight excluding hydrogens is 369 g/mol. The monoisotopic (exact) mass is 381 g/mol. The first-order valence-corrected chi connectivity index (χ1v) is 8.52. The van der Waals surface area contributed by atoms with E-state index in [-0.39, 0.29) is 23.8 Å². The zero-order valence-electron chi connectivity index (χ0n) is 14.0. The molecule has 0 saturated heterocycles. The normalized spacial score (nSPS) is 10.9. The van der Waals surface area contributed by atoms with E-state index in [2.05, 4.69) is 10.1 Å². The Hall–Kier alpha value is -3.25. The maximum absolute atomic E-state index is 13.9. The molecule has 4 aromatic rings. The predicted octanol–water partition coefficient (Wildman–Crippen LogP) is 4.41. The van der Waals surface area contributed by atoms with Gasteiger partial charge < -0.3 is 9.09 Å². The van der Waals surface area contributed by atoms with Crippen molar-refractivity contribution in [1.82, 2.24) is 14.7 Å². The fraction of sp³-hybridized carbons (Fsp3) is 0.0500. The third-order valence-electron chi connectivity index (χ3n) is 4.06. The highest BCUT2D eigenvalue weighted by Crippen LogP contribution is 2.23. The minimum atomic E-state index is -0.363. The van der Waals surface area contributed by atoms with Gasteiger partial charge in [-0.05, 0) is 36.4 Å². The van der Waals surface area contributed by atoms with Gasteiger partial charge in [0.05, 0.1) is 12.1 Å². The van der Waals surface area contributed by atoms with Gasteiger partial charge in [0.1, 0.15) is 5.82 Å². The van der Waals surface area contributed by atoms with E-state index in [1.807, 2.05) is 0 Å². The van der Waals surface area contributed by atoms with E-state index in [0.717, 1.165) is 5.56 Å². The second-order valence-electron chi connectivity index (χ2n) is 5.91. The standard InChI is InChI=1S/C20H13ClFN3O2/c21-16-8-5-13(6-9-16)19-23-20(27-24-19)15-7-10-18(26)25(12-15)11-14-3-1-2-4-17(14)22/h1-10,12H,11H2. The van der Waals surface area contributed by atoms with Gasteiger partial charge in [0, 0.05) is 28.4 Å². The first kappa shape index (κ1) is 17.2. The highest BCUT2D eigenvalue weighted by molar-refractivity contribution is 6.30. The van der Waals surface area contributed by atoms with Gasteiger partial charge in [-0.15, -0.1) is 0 Å². The van der Waals surface area contributed by atoms with Crippen molar-refractivity contribution in [3.05, 3.63) is 93.6 Å². The minimum Gasteiger partial charge on any atom is -0.334 e. The molecule has 0 fully saturated rings. The number of aromatic nitrogens is 3. The molecule has 5 nitrogen and oxygen atoms in total.